The number of aromatic hydroxyl groups is 1. The molecule has 1 aliphatic rings. The highest BCUT2D eigenvalue weighted by Gasteiger charge is 2.20. The number of piperidine rings is 1. The third kappa shape index (κ3) is 6.38. The second kappa shape index (κ2) is 10.3. The Morgan fingerprint density at radius 2 is 1.97 bits per heavy atom. The molecule has 1 aromatic heterocycles. The van der Waals surface area contributed by atoms with Gasteiger partial charge in [0, 0.05) is 37.6 Å². The third-order valence-electron chi connectivity index (χ3n) is 4.69. The summed E-state index contributed by atoms with van der Waals surface area (Å²) in [5.41, 5.74) is 0.628. The SMILES string of the molecule is CCNC(=NCC(=O)Nc1ccc(O)cc1)NC1CCN(c2ccccn2)CC1. The van der Waals surface area contributed by atoms with E-state index < -0.39 is 0 Å². The molecular weight excluding hydrogens is 368 g/mol. The Bertz CT molecular complexity index is 802. The van der Waals surface area contributed by atoms with Crippen LogP contribution in [0.25, 0.3) is 0 Å². The number of aliphatic imine (C=N–C) groups is 1. The molecule has 0 saturated carbocycles. The molecule has 3 rings (SSSR count). The lowest BCUT2D eigenvalue weighted by molar-refractivity contribution is -0.114. The lowest BCUT2D eigenvalue weighted by Gasteiger charge is -2.33. The number of hydrogen-bond acceptors (Lipinski definition) is 5. The Labute approximate surface area is 171 Å². The van der Waals surface area contributed by atoms with E-state index in [2.05, 4.69) is 30.8 Å². The summed E-state index contributed by atoms with van der Waals surface area (Å²) < 4.78 is 0. The van der Waals surface area contributed by atoms with Crippen LogP contribution in [-0.4, -0.2) is 54.2 Å². The number of pyridine rings is 1. The van der Waals surface area contributed by atoms with Crippen LogP contribution in [0.15, 0.2) is 53.7 Å². The highest BCUT2D eigenvalue weighted by Crippen LogP contribution is 2.17. The zero-order chi connectivity index (χ0) is 20.5. The number of phenolic OH excluding ortho intramolecular Hbond substituents is 1. The number of guanidine groups is 1. The number of amides is 1. The first-order valence-electron chi connectivity index (χ1n) is 9.93. The summed E-state index contributed by atoms with van der Waals surface area (Å²) in [6.45, 7) is 4.59. The average molecular weight is 396 g/mol. The molecule has 29 heavy (non-hydrogen) atoms. The lowest BCUT2D eigenvalue weighted by atomic mass is 10.1. The number of nitrogens with one attached hydrogen (secondary N) is 3. The van der Waals surface area contributed by atoms with Crippen molar-refractivity contribution in [1.29, 1.82) is 0 Å². The second-order valence-electron chi connectivity index (χ2n) is 6.88. The number of benzene rings is 1. The van der Waals surface area contributed by atoms with Crippen molar-refractivity contribution in [2.45, 2.75) is 25.8 Å². The molecule has 1 aromatic carbocycles. The van der Waals surface area contributed by atoms with Crippen molar-refractivity contribution in [3.63, 3.8) is 0 Å². The topological polar surface area (TPSA) is 102 Å². The molecule has 0 unspecified atom stereocenters. The fourth-order valence-corrected chi connectivity index (χ4v) is 3.20. The third-order valence-corrected chi connectivity index (χ3v) is 4.69. The number of nitrogens with zero attached hydrogens (tertiary/aromatic N) is 3. The standard InChI is InChI=1S/C21H28N6O2/c1-2-22-21(24-15-20(29)25-16-6-8-18(28)9-7-16)26-17-10-13-27(14-11-17)19-5-3-4-12-23-19/h3-9,12,17,28H,2,10-11,13-15H2,1H3,(H,25,29)(H2,22,24,26). The van der Waals surface area contributed by atoms with Gasteiger partial charge in [-0.25, -0.2) is 9.98 Å². The highest BCUT2D eigenvalue weighted by molar-refractivity contribution is 5.94. The molecule has 1 saturated heterocycles. The van der Waals surface area contributed by atoms with Crippen LogP contribution < -0.4 is 20.9 Å². The molecule has 0 bridgehead atoms. The number of phenols is 1. The number of carbonyl (C=O) groups is 1. The smallest absolute Gasteiger partial charge is 0.246 e. The van der Waals surface area contributed by atoms with Gasteiger partial charge in [0.15, 0.2) is 5.96 Å². The van der Waals surface area contributed by atoms with E-state index in [4.69, 9.17) is 0 Å². The van der Waals surface area contributed by atoms with Crippen molar-refractivity contribution >= 4 is 23.4 Å². The van der Waals surface area contributed by atoms with Crippen molar-refractivity contribution in [3.8, 4) is 5.75 Å². The largest absolute Gasteiger partial charge is 0.508 e. The van der Waals surface area contributed by atoms with E-state index in [9.17, 15) is 9.90 Å². The second-order valence-corrected chi connectivity index (χ2v) is 6.88. The van der Waals surface area contributed by atoms with Crippen molar-refractivity contribution < 1.29 is 9.90 Å². The monoisotopic (exact) mass is 396 g/mol. The van der Waals surface area contributed by atoms with Gasteiger partial charge in [-0.1, -0.05) is 6.07 Å². The van der Waals surface area contributed by atoms with E-state index in [1.165, 1.54) is 12.1 Å². The van der Waals surface area contributed by atoms with Gasteiger partial charge >= 0.3 is 0 Å². The van der Waals surface area contributed by atoms with Crippen molar-refractivity contribution in [2.75, 3.05) is 36.4 Å². The van der Waals surface area contributed by atoms with Crippen LogP contribution in [0.4, 0.5) is 11.5 Å². The maximum atomic E-state index is 12.1. The van der Waals surface area contributed by atoms with E-state index >= 15 is 0 Å². The molecule has 0 aliphatic carbocycles. The van der Waals surface area contributed by atoms with Gasteiger partial charge in [-0.2, -0.15) is 0 Å². The molecule has 0 atom stereocenters. The lowest BCUT2D eigenvalue weighted by Crippen LogP contribution is -2.49. The number of anilines is 2. The van der Waals surface area contributed by atoms with E-state index in [1.807, 2.05) is 31.3 Å². The van der Waals surface area contributed by atoms with Crippen LogP contribution in [0.2, 0.25) is 0 Å². The zero-order valence-corrected chi connectivity index (χ0v) is 16.6. The predicted molar refractivity (Wildman–Crippen MR) is 115 cm³/mol. The molecule has 154 valence electrons. The molecule has 1 aliphatic heterocycles. The van der Waals surface area contributed by atoms with Crippen molar-refractivity contribution in [3.05, 3.63) is 48.7 Å². The van der Waals surface area contributed by atoms with Crippen LogP contribution in [0.3, 0.4) is 0 Å². The molecule has 1 amide bonds. The summed E-state index contributed by atoms with van der Waals surface area (Å²) in [7, 11) is 0. The van der Waals surface area contributed by atoms with E-state index in [-0.39, 0.29) is 18.2 Å². The van der Waals surface area contributed by atoms with Crippen LogP contribution in [0.1, 0.15) is 19.8 Å². The minimum atomic E-state index is -0.210. The molecule has 8 nitrogen and oxygen atoms in total. The van der Waals surface area contributed by atoms with Gasteiger partial charge < -0.3 is 26.0 Å². The fourth-order valence-electron chi connectivity index (χ4n) is 3.20. The van der Waals surface area contributed by atoms with E-state index in [0.29, 0.717) is 17.7 Å². The summed E-state index contributed by atoms with van der Waals surface area (Å²) in [4.78, 5) is 23.3. The molecule has 1 fully saturated rings. The Hall–Kier alpha value is -3.29. The zero-order valence-electron chi connectivity index (χ0n) is 16.6. The number of rotatable bonds is 6. The molecule has 8 heteroatoms. The molecule has 0 radical (unpaired) electrons. The van der Waals surface area contributed by atoms with Gasteiger partial charge in [0.05, 0.1) is 0 Å². The van der Waals surface area contributed by atoms with Gasteiger partial charge in [-0.3, -0.25) is 4.79 Å². The number of aromatic nitrogens is 1. The quantitative estimate of drug-likeness (QED) is 0.338. The Balaban J connectivity index is 1.49. The summed E-state index contributed by atoms with van der Waals surface area (Å²) in [6, 6.07) is 12.6. The van der Waals surface area contributed by atoms with Gasteiger partial charge in [-0.05, 0) is 56.2 Å². The maximum Gasteiger partial charge on any atom is 0.246 e. The summed E-state index contributed by atoms with van der Waals surface area (Å²) in [5, 5.41) is 18.7. The summed E-state index contributed by atoms with van der Waals surface area (Å²) >= 11 is 0. The summed E-state index contributed by atoms with van der Waals surface area (Å²) in [6.07, 6.45) is 3.76. The Kier molecular flexibility index (Phi) is 7.27. The molecular formula is C21H28N6O2. The van der Waals surface area contributed by atoms with Gasteiger partial charge in [-0.15, -0.1) is 0 Å². The average Bonchev–Trinajstić information content (AvgIpc) is 2.75. The first-order valence-corrected chi connectivity index (χ1v) is 9.93. The van der Waals surface area contributed by atoms with E-state index in [0.717, 1.165) is 38.3 Å². The van der Waals surface area contributed by atoms with Crippen LogP contribution in [0, 0.1) is 0 Å². The Morgan fingerprint density at radius 3 is 2.62 bits per heavy atom. The fraction of sp³-hybridized carbons (Fsp3) is 0.381. The molecule has 2 heterocycles. The number of hydrogen-bond donors (Lipinski definition) is 4. The maximum absolute atomic E-state index is 12.1. The van der Waals surface area contributed by atoms with Crippen LogP contribution >= 0.6 is 0 Å². The molecule has 2 aromatic rings. The van der Waals surface area contributed by atoms with Gasteiger partial charge in [0.2, 0.25) is 5.91 Å². The van der Waals surface area contributed by atoms with E-state index in [1.54, 1.807) is 12.1 Å². The highest BCUT2D eigenvalue weighted by atomic mass is 16.3. The molecule has 0 spiro atoms. The van der Waals surface area contributed by atoms with Crippen LogP contribution in [0.5, 0.6) is 5.75 Å². The normalized spacial score (nSPS) is 15.1. The minimum Gasteiger partial charge on any atom is -0.508 e. The van der Waals surface area contributed by atoms with Crippen molar-refractivity contribution in [1.82, 2.24) is 15.6 Å². The predicted octanol–water partition coefficient (Wildman–Crippen LogP) is 1.95. The van der Waals surface area contributed by atoms with Crippen LogP contribution in [-0.2, 0) is 4.79 Å². The minimum absolute atomic E-state index is 0.0169. The number of carbonyl (C=O) groups excluding carboxylic acids is 1. The van der Waals surface area contributed by atoms with Crippen molar-refractivity contribution in [2.24, 2.45) is 4.99 Å². The van der Waals surface area contributed by atoms with Gasteiger partial charge in [0.25, 0.3) is 0 Å². The first kappa shape index (κ1) is 20.4. The first-order chi connectivity index (χ1) is 14.1. The van der Waals surface area contributed by atoms with Gasteiger partial charge in [0.1, 0.15) is 18.1 Å². The summed E-state index contributed by atoms with van der Waals surface area (Å²) in [5.74, 6) is 1.61. The molecule has 4 N–H and O–H groups in total. The Morgan fingerprint density at radius 1 is 1.21 bits per heavy atom.